The van der Waals surface area contributed by atoms with E-state index in [2.05, 4.69) is 15.0 Å². The van der Waals surface area contributed by atoms with Crippen LogP contribution in [0.4, 0.5) is 18.9 Å². The average Bonchev–Trinajstić information content (AvgIpc) is 2.50. The molecule has 0 spiro atoms. The van der Waals surface area contributed by atoms with Crippen LogP contribution < -0.4 is 15.8 Å². The number of aliphatic imine (C=N–C) groups is 1. The summed E-state index contributed by atoms with van der Waals surface area (Å²) < 4.78 is 40.0. The molecule has 2 aromatic rings. The molecule has 0 aromatic heterocycles. The van der Waals surface area contributed by atoms with Gasteiger partial charge in [-0.3, -0.25) is 4.99 Å². The lowest BCUT2D eigenvalue weighted by Gasteiger charge is -2.09. The first-order valence-corrected chi connectivity index (χ1v) is 7.30. The second-order valence-corrected chi connectivity index (χ2v) is 5.20. The third-order valence-electron chi connectivity index (χ3n) is 3.16. The summed E-state index contributed by atoms with van der Waals surface area (Å²) in [6, 6.07) is 13.4. The summed E-state index contributed by atoms with van der Waals surface area (Å²) in [5.41, 5.74) is 8.63. The van der Waals surface area contributed by atoms with Crippen molar-refractivity contribution in [2.45, 2.75) is 19.7 Å². The number of alkyl halides is 3. The van der Waals surface area contributed by atoms with Gasteiger partial charge in [0.1, 0.15) is 5.75 Å². The maximum atomic E-state index is 12.1. The van der Waals surface area contributed by atoms with Gasteiger partial charge < -0.3 is 15.8 Å². The minimum Gasteiger partial charge on any atom is -0.406 e. The van der Waals surface area contributed by atoms with Crippen molar-refractivity contribution in [3.63, 3.8) is 0 Å². The summed E-state index contributed by atoms with van der Waals surface area (Å²) in [7, 11) is 0. The topological polar surface area (TPSA) is 59.6 Å². The van der Waals surface area contributed by atoms with Crippen molar-refractivity contribution in [1.82, 2.24) is 0 Å². The number of halogens is 3. The van der Waals surface area contributed by atoms with Crippen molar-refractivity contribution in [2.24, 2.45) is 10.7 Å². The molecule has 3 N–H and O–H groups in total. The fourth-order valence-corrected chi connectivity index (χ4v) is 1.99. The number of nitrogens with zero attached hydrogens (tertiary/aromatic N) is 1. The molecule has 0 amide bonds. The molecule has 0 saturated carbocycles. The van der Waals surface area contributed by atoms with Gasteiger partial charge in [0.05, 0.1) is 0 Å². The number of ether oxygens (including phenoxy) is 1. The van der Waals surface area contributed by atoms with E-state index in [1.54, 1.807) is 12.1 Å². The molecule has 0 bridgehead atoms. The van der Waals surface area contributed by atoms with Gasteiger partial charge in [-0.05, 0) is 43.2 Å². The minimum atomic E-state index is -4.68. The summed E-state index contributed by atoms with van der Waals surface area (Å²) in [5, 5.41) is 2.97. The van der Waals surface area contributed by atoms with Gasteiger partial charge in [0.25, 0.3) is 0 Å². The summed E-state index contributed by atoms with van der Waals surface area (Å²) in [6.45, 7) is 2.41. The lowest BCUT2D eigenvalue weighted by Crippen LogP contribution is -2.23. The predicted octanol–water partition coefficient (Wildman–Crippen LogP) is 3.86. The Morgan fingerprint density at radius 3 is 2.29 bits per heavy atom. The number of hydrogen-bond donors (Lipinski definition) is 2. The molecule has 2 aromatic carbocycles. The predicted molar refractivity (Wildman–Crippen MR) is 88.1 cm³/mol. The first kappa shape index (κ1) is 17.7. The maximum Gasteiger partial charge on any atom is 0.573 e. The fourth-order valence-electron chi connectivity index (χ4n) is 1.99. The fraction of sp³-hybridized carbons (Fsp3) is 0.235. The van der Waals surface area contributed by atoms with E-state index in [-0.39, 0.29) is 11.7 Å². The third kappa shape index (κ3) is 6.20. The van der Waals surface area contributed by atoms with E-state index in [4.69, 9.17) is 5.73 Å². The number of benzene rings is 2. The molecule has 4 nitrogen and oxygen atoms in total. The molecule has 0 aliphatic carbocycles. The van der Waals surface area contributed by atoms with E-state index in [1.807, 2.05) is 31.2 Å². The van der Waals surface area contributed by atoms with Crippen LogP contribution in [0.5, 0.6) is 5.75 Å². The standard InChI is InChI=1S/C17H18F3N3O/c1-12-2-6-14(7-3-12)23-16(21)22-11-10-13-4-8-15(9-5-13)24-17(18,19)20/h2-9H,10-11H2,1H3,(H3,21,22,23). The zero-order valence-electron chi connectivity index (χ0n) is 13.1. The van der Waals surface area contributed by atoms with Gasteiger partial charge in [-0.15, -0.1) is 13.2 Å². The van der Waals surface area contributed by atoms with Crippen LogP contribution in [-0.4, -0.2) is 18.9 Å². The molecule has 0 aliphatic heterocycles. The van der Waals surface area contributed by atoms with E-state index in [9.17, 15) is 13.2 Å². The Morgan fingerprint density at radius 1 is 1.08 bits per heavy atom. The molecule has 0 heterocycles. The van der Waals surface area contributed by atoms with Gasteiger partial charge in [-0.1, -0.05) is 29.8 Å². The van der Waals surface area contributed by atoms with Crippen LogP contribution in [0.3, 0.4) is 0 Å². The molecular formula is C17H18F3N3O. The zero-order valence-corrected chi connectivity index (χ0v) is 13.1. The Balaban J connectivity index is 1.83. The molecule has 128 valence electrons. The normalized spacial score (nSPS) is 12.1. The lowest BCUT2D eigenvalue weighted by atomic mass is 10.1. The average molecular weight is 337 g/mol. The van der Waals surface area contributed by atoms with Gasteiger partial charge in [0.15, 0.2) is 5.96 Å². The van der Waals surface area contributed by atoms with E-state index < -0.39 is 6.36 Å². The Hall–Kier alpha value is -2.70. The van der Waals surface area contributed by atoms with E-state index >= 15 is 0 Å². The highest BCUT2D eigenvalue weighted by atomic mass is 19.4. The van der Waals surface area contributed by atoms with Crippen LogP contribution in [0.15, 0.2) is 53.5 Å². The molecule has 0 fully saturated rings. The number of rotatable bonds is 5. The number of guanidine groups is 1. The maximum absolute atomic E-state index is 12.1. The molecule has 0 unspecified atom stereocenters. The molecular weight excluding hydrogens is 319 g/mol. The third-order valence-corrected chi connectivity index (χ3v) is 3.16. The van der Waals surface area contributed by atoms with Crippen molar-refractivity contribution in [3.05, 3.63) is 59.7 Å². The van der Waals surface area contributed by atoms with Crippen LogP contribution in [0, 0.1) is 6.92 Å². The number of nitrogens with two attached hydrogens (primary N) is 1. The monoisotopic (exact) mass is 337 g/mol. The SMILES string of the molecule is Cc1ccc(NC(N)=NCCc2ccc(OC(F)(F)F)cc2)cc1. The second-order valence-electron chi connectivity index (χ2n) is 5.20. The van der Waals surface area contributed by atoms with Crippen molar-refractivity contribution in [2.75, 3.05) is 11.9 Å². The summed E-state index contributed by atoms with van der Waals surface area (Å²) in [6.07, 6.45) is -4.12. The second kappa shape index (κ2) is 7.72. The van der Waals surface area contributed by atoms with Crippen LogP contribution in [0.2, 0.25) is 0 Å². The van der Waals surface area contributed by atoms with Crippen molar-refractivity contribution >= 4 is 11.6 Å². The van der Waals surface area contributed by atoms with Crippen LogP contribution in [-0.2, 0) is 6.42 Å². The van der Waals surface area contributed by atoms with Gasteiger partial charge >= 0.3 is 6.36 Å². The van der Waals surface area contributed by atoms with E-state index in [0.29, 0.717) is 13.0 Å². The molecule has 2 rings (SSSR count). The number of anilines is 1. The molecule has 0 radical (unpaired) electrons. The Kier molecular flexibility index (Phi) is 5.68. The van der Waals surface area contributed by atoms with Crippen LogP contribution in [0.1, 0.15) is 11.1 Å². The summed E-state index contributed by atoms with van der Waals surface area (Å²) in [4.78, 5) is 4.19. The van der Waals surface area contributed by atoms with E-state index in [1.165, 1.54) is 12.1 Å². The highest BCUT2D eigenvalue weighted by Gasteiger charge is 2.30. The quantitative estimate of drug-likeness (QED) is 0.643. The van der Waals surface area contributed by atoms with Crippen molar-refractivity contribution in [1.29, 1.82) is 0 Å². The lowest BCUT2D eigenvalue weighted by molar-refractivity contribution is -0.274. The van der Waals surface area contributed by atoms with Crippen LogP contribution >= 0.6 is 0 Å². The van der Waals surface area contributed by atoms with Gasteiger partial charge in [0, 0.05) is 12.2 Å². The van der Waals surface area contributed by atoms with Gasteiger partial charge in [-0.2, -0.15) is 0 Å². The molecule has 0 atom stereocenters. The highest BCUT2D eigenvalue weighted by molar-refractivity contribution is 5.92. The Bertz CT molecular complexity index is 680. The smallest absolute Gasteiger partial charge is 0.406 e. The largest absolute Gasteiger partial charge is 0.573 e. The van der Waals surface area contributed by atoms with Crippen molar-refractivity contribution < 1.29 is 17.9 Å². The van der Waals surface area contributed by atoms with Crippen LogP contribution in [0.25, 0.3) is 0 Å². The first-order valence-electron chi connectivity index (χ1n) is 7.30. The summed E-state index contributed by atoms with van der Waals surface area (Å²) in [5.74, 6) is 0.0474. The number of nitrogens with one attached hydrogen (secondary N) is 1. The van der Waals surface area contributed by atoms with E-state index in [0.717, 1.165) is 16.8 Å². The number of hydrogen-bond acceptors (Lipinski definition) is 2. The van der Waals surface area contributed by atoms with Crippen molar-refractivity contribution in [3.8, 4) is 5.75 Å². The Morgan fingerprint density at radius 2 is 1.71 bits per heavy atom. The highest BCUT2D eigenvalue weighted by Crippen LogP contribution is 2.22. The minimum absolute atomic E-state index is 0.240. The first-order chi connectivity index (χ1) is 11.3. The van der Waals surface area contributed by atoms with Gasteiger partial charge in [0.2, 0.25) is 0 Å². The molecule has 7 heteroatoms. The molecule has 0 saturated heterocycles. The van der Waals surface area contributed by atoms with Gasteiger partial charge in [-0.25, -0.2) is 0 Å². The zero-order chi connectivity index (χ0) is 17.6. The molecule has 24 heavy (non-hydrogen) atoms. The Labute approximate surface area is 138 Å². The summed E-state index contributed by atoms with van der Waals surface area (Å²) >= 11 is 0. The molecule has 0 aliphatic rings. The number of aryl methyl sites for hydroxylation is 1.